The van der Waals surface area contributed by atoms with Crippen molar-refractivity contribution in [1.82, 2.24) is 0 Å². The van der Waals surface area contributed by atoms with Gasteiger partial charge in [0.05, 0.1) is 7.11 Å². The zero-order valence-corrected chi connectivity index (χ0v) is 12.3. The van der Waals surface area contributed by atoms with Crippen LogP contribution in [-0.4, -0.2) is 12.9 Å². The van der Waals surface area contributed by atoms with Gasteiger partial charge in [-0.05, 0) is 47.9 Å². The summed E-state index contributed by atoms with van der Waals surface area (Å²) in [5.41, 5.74) is 3.83. The van der Waals surface area contributed by atoms with Crippen LogP contribution in [0.3, 0.4) is 0 Å². The molecule has 0 atom stereocenters. The predicted octanol–water partition coefficient (Wildman–Crippen LogP) is 4.54. The Kier molecular flexibility index (Phi) is 4.72. The van der Waals surface area contributed by atoms with Crippen LogP contribution in [0.25, 0.3) is 12.2 Å². The third-order valence-corrected chi connectivity index (χ3v) is 3.13. The molecule has 2 nitrogen and oxygen atoms in total. The third kappa shape index (κ3) is 3.93. The minimum absolute atomic E-state index is 0.0672. The molecular weight excluding hydrogens is 260 g/mol. The first kappa shape index (κ1) is 14.8. The van der Waals surface area contributed by atoms with Crippen LogP contribution in [0.15, 0.2) is 55.1 Å². The molecule has 0 saturated heterocycles. The fourth-order valence-electron chi connectivity index (χ4n) is 2.10. The molecule has 0 saturated carbocycles. The van der Waals surface area contributed by atoms with Gasteiger partial charge in [-0.1, -0.05) is 43.0 Å². The van der Waals surface area contributed by atoms with Gasteiger partial charge in [0.15, 0.2) is 5.78 Å². The highest BCUT2D eigenvalue weighted by Gasteiger charge is 2.00. The number of rotatable bonds is 5. The lowest BCUT2D eigenvalue weighted by molar-refractivity contribution is 0.104. The molecule has 0 aliphatic heterocycles. The Morgan fingerprint density at radius 2 is 1.86 bits per heavy atom. The van der Waals surface area contributed by atoms with Gasteiger partial charge in [-0.15, -0.1) is 0 Å². The number of carbonyl (C=O) groups is 1. The Balaban J connectivity index is 2.27. The second-order valence-corrected chi connectivity index (χ2v) is 4.81. The summed E-state index contributed by atoms with van der Waals surface area (Å²) in [5.74, 6) is 0.771. The van der Waals surface area contributed by atoms with E-state index in [0.717, 1.165) is 22.4 Å². The van der Waals surface area contributed by atoms with Gasteiger partial charge >= 0.3 is 0 Å². The molecule has 2 heteroatoms. The van der Waals surface area contributed by atoms with Crippen molar-refractivity contribution in [2.75, 3.05) is 7.11 Å². The maximum Gasteiger partial charge on any atom is 0.185 e. The summed E-state index contributed by atoms with van der Waals surface area (Å²) in [4.78, 5) is 11.6. The molecule has 0 aliphatic carbocycles. The van der Waals surface area contributed by atoms with E-state index in [-0.39, 0.29) is 5.78 Å². The molecule has 0 spiro atoms. The van der Waals surface area contributed by atoms with E-state index >= 15 is 0 Å². The fraction of sp³-hybridized carbons (Fsp3) is 0.105. The largest absolute Gasteiger partial charge is 0.497 e. The Morgan fingerprint density at radius 3 is 2.57 bits per heavy atom. The molecule has 2 aromatic carbocycles. The lowest BCUT2D eigenvalue weighted by Gasteiger charge is -2.03. The van der Waals surface area contributed by atoms with Crippen LogP contribution in [0, 0.1) is 6.92 Å². The van der Waals surface area contributed by atoms with Gasteiger partial charge in [0, 0.05) is 5.56 Å². The average Bonchev–Trinajstić information content (AvgIpc) is 2.51. The zero-order chi connectivity index (χ0) is 15.2. The SMILES string of the molecule is C=CC(=O)c1cccc(C=Cc2cc(C)cc(OC)c2)c1. The summed E-state index contributed by atoms with van der Waals surface area (Å²) >= 11 is 0. The van der Waals surface area contributed by atoms with E-state index in [4.69, 9.17) is 4.74 Å². The Hall–Kier alpha value is -2.61. The van der Waals surface area contributed by atoms with Crippen LogP contribution >= 0.6 is 0 Å². The zero-order valence-electron chi connectivity index (χ0n) is 12.3. The molecule has 106 valence electrons. The van der Waals surface area contributed by atoms with Gasteiger partial charge in [0.2, 0.25) is 0 Å². The van der Waals surface area contributed by atoms with Crippen molar-refractivity contribution in [3.05, 3.63) is 77.4 Å². The maximum atomic E-state index is 11.6. The molecule has 0 N–H and O–H groups in total. The number of ketones is 1. The second-order valence-electron chi connectivity index (χ2n) is 4.81. The summed E-state index contributed by atoms with van der Waals surface area (Å²) in [7, 11) is 1.66. The van der Waals surface area contributed by atoms with Gasteiger partial charge in [-0.3, -0.25) is 4.79 Å². The van der Waals surface area contributed by atoms with Crippen LogP contribution in [-0.2, 0) is 0 Å². The van der Waals surface area contributed by atoms with Crippen molar-refractivity contribution in [2.24, 2.45) is 0 Å². The quantitative estimate of drug-likeness (QED) is 0.456. The highest BCUT2D eigenvalue weighted by atomic mass is 16.5. The van der Waals surface area contributed by atoms with E-state index in [0.29, 0.717) is 5.56 Å². The summed E-state index contributed by atoms with van der Waals surface area (Å²) in [5, 5.41) is 0. The van der Waals surface area contributed by atoms with E-state index in [2.05, 4.69) is 12.6 Å². The van der Waals surface area contributed by atoms with E-state index in [1.54, 1.807) is 13.2 Å². The van der Waals surface area contributed by atoms with Crippen LogP contribution in [0.1, 0.15) is 27.0 Å². The Morgan fingerprint density at radius 1 is 1.10 bits per heavy atom. The number of hydrogen-bond donors (Lipinski definition) is 0. The lowest BCUT2D eigenvalue weighted by atomic mass is 10.1. The number of benzene rings is 2. The van der Waals surface area contributed by atoms with E-state index in [1.807, 2.05) is 49.4 Å². The fourth-order valence-corrected chi connectivity index (χ4v) is 2.10. The van der Waals surface area contributed by atoms with Crippen molar-refractivity contribution in [3.8, 4) is 5.75 Å². The summed E-state index contributed by atoms with van der Waals surface area (Å²) in [6.07, 6.45) is 5.31. The highest BCUT2D eigenvalue weighted by molar-refractivity contribution is 6.04. The minimum atomic E-state index is -0.0672. The van der Waals surface area contributed by atoms with Gasteiger partial charge in [0.25, 0.3) is 0 Å². The molecular formula is C19H18O2. The third-order valence-electron chi connectivity index (χ3n) is 3.13. The number of ether oxygens (including phenoxy) is 1. The summed E-state index contributed by atoms with van der Waals surface area (Å²) in [6.45, 7) is 5.54. The number of carbonyl (C=O) groups excluding carboxylic acids is 1. The smallest absolute Gasteiger partial charge is 0.185 e. The van der Waals surface area contributed by atoms with Gasteiger partial charge in [0.1, 0.15) is 5.75 Å². The second kappa shape index (κ2) is 6.71. The molecule has 0 aromatic heterocycles. The van der Waals surface area contributed by atoms with Gasteiger partial charge < -0.3 is 4.74 Å². The molecule has 0 bridgehead atoms. The van der Waals surface area contributed by atoms with Crippen LogP contribution < -0.4 is 4.74 Å². The molecule has 2 aromatic rings. The maximum absolute atomic E-state index is 11.6. The Labute approximate surface area is 125 Å². The predicted molar refractivity (Wildman–Crippen MR) is 87.6 cm³/mol. The molecule has 0 unspecified atom stereocenters. The van der Waals surface area contributed by atoms with E-state index < -0.39 is 0 Å². The number of methoxy groups -OCH3 is 1. The monoisotopic (exact) mass is 278 g/mol. The van der Waals surface area contributed by atoms with E-state index in [9.17, 15) is 4.79 Å². The standard InChI is InChI=1S/C19H18O2/c1-4-19(20)17-7-5-6-15(12-17)8-9-16-10-14(2)11-18(13-16)21-3/h4-13H,1H2,2-3H3. The average molecular weight is 278 g/mol. The van der Waals surface area contributed by atoms with Crippen LogP contribution in [0.5, 0.6) is 5.75 Å². The molecule has 0 heterocycles. The molecule has 0 amide bonds. The van der Waals surface area contributed by atoms with Crippen molar-refractivity contribution in [3.63, 3.8) is 0 Å². The topological polar surface area (TPSA) is 26.3 Å². The normalized spacial score (nSPS) is 10.6. The van der Waals surface area contributed by atoms with Crippen LogP contribution in [0.2, 0.25) is 0 Å². The molecule has 0 radical (unpaired) electrons. The number of aryl methyl sites for hydroxylation is 1. The van der Waals surface area contributed by atoms with Crippen molar-refractivity contribution < 1.29 is 9.53 Å². The molecule has 2 rings (SSSR count). The summed E-state index contributed by atoms with van der Waals surface area (Å²) < 4.78 is 5.26. The first-order valence-corrected chi connectivity index (χ1v) is 6.73. The molecule has 0 fully saturated rings. The number of allylic oxidation sites excluding steroid dienone is 1. The summed E-state index contributed by atoms with van der Waals surface area (Å²) in [6, 6.07) is 13.5. The number of hydrogen-bond acceptors (Lipinski definition) is 2. The Bertz CT molecular complexity index is 696. The van der Waals surface area contributed by atoms with E-state index in [1.165, 1.54) is 6.08 Å². The first-order chi connectivity index (χ1) is 10.1. The van der Waals surface area contributed by atoms with Crippen LogP contribution in [0.4, 0.5) is 0 Å². The van der Waals surface area contributed by atoms with Gasteiger partial charge in [-0.25, -0.2) is 0 Å². The van der Waals surface area contributed by atoms with Gasteiger partial charge in [-0.2, -0.15) is 0 Å². The highest BCUT2D eigenvalue weighted by Crippen LogP contribution is 2.18. The van der Waals surface area contributed by atoms with Crippen molar-refractivity contribution in [1.29, 1.82) is 0 Å². The lowest BCUT2D eigenvalue weighted by Crippen LogP contribution is -1.93. The first-order valence-electron chi connectivity index (χ1n) is 6.73. The van der Waals surface area contributed by atoms with Crippen molar-refractivity contribution in [2.45, 2.75) is 6.92 Å². The molecule has 0 aliphatic rings. The minimum Gasteiger partial charge on any atom is -0.497 e. The molecule has 21 heavy (non-hydrogen) atoms. The van der Waals surface area contributed by atoms with Crippen molar-refractivity contribution >= 4 is 17.9 Å².